The monoisotopic (exact) mass is 557 g/mol. The quantitative estimate of drug-likeness (QED) is 0.256. The largest absolute Gasteiger partial charge is 0.489 e. The summed E-state index contributed by atoms with van der Waals surface area (Å²) in [6.45, 7) is 4.89. The second-order valence-corrected chi connectivity index (χ2v) is 9.65. The molecule has 0 aliphatic heterocycles. The summed E-state index contributed by atoms with van der Waals surface area (Å²) in [5, 5.41) is 8.33. The van der Waals surface area contributed by atoms with E-state index in [1.807, 2.05) is 50.2 Å². The Morgan fingerprint density at radius 2 is 1.85 bits per heavy atom. The molecule has 0 aliphatic rings. The van der Waals surface area contributed by atoms with Gasteiger partial charge >= 0.3 is 0 Å². The fourth-order valence-electron chi connectivity index (χ4n) is 3.39. The molecule has 4 aromatic rings. The standard InChI is InChI=1S/C26H22BrCl2N3O2/c1-16-6-7-17(2)24(10-16)34-15-19-4-3-5-20(11-19)26(33)30-25-21(27)14-32(31-25)13-18-8-9-22(28)23(29)12-18/h3-12,14H,13,15H2,1-2H3,(H,30,31,33). The van der Waals surface area contributed by atoms with E-state index in [0.717, 1.165) is 28.0 Å². The maximum absolute atomic E-state index is 12.9. The molecule has 1 amide bonds. The number of hydrogen-bond donors (Lipinski definition) is 1. The van der Waals surface area contributed by atoms with Crippen LogP contribution in [-0.4, -0.2) is 15.7 Å². The Kier molecular flexibility index (Phi) is 7.61. The van der Waals surface area contributed by atoms with Gasteiger partial charge in [0.15, 0.2) is 5.82 Å². The first-order chi connectivity index (χ1) is 16.3. The molecular formula is C26H22BrCl2N3O2. The minimum atomic E-state index is -0.255. The van der Waals surface area contributed by atoms with E-state index in [1.54, 1.807) is 29.1 Å². The van der Waals surface area contributed by atoms with Crippen LogP contribution in [0.5, 0.6) is 5.75 Å². The van der Waals surface area contributed by atoms with Crippen molar-refractivity contribution in [1.82, 2.24) is 9.78 Å². The minimum absolute atomic E-state index is 0.255. The second kappa shape index (κ2) is 10.6. The normalized spacial score (nSPS) is 10.9. The maximum atomic E-state index is 12.9. The van der Waals surface area contributed by atoms with Crippen molar-refractivity contribution in [2.24, 2.45) is 0 Å². The van der Waals surface area contributed by atoms with Crippen LogP contribution >= 0.6 is 39.1 Å². The lowest BCUT2D eigenvalue weighted by molar-refractivity contribution is 0.102. The molecule has 0 aliphatic carbocycles. The molecule has 34 heavy (non-hydrogen) atoms. The number of aromatic nitrogens is 2. The number of carbonyl (C=O) groups excluding carboxylic acids is 1. The van der Waals surface area contributed by atoms with Gasteiger partial charge in [0, 0.05) is 11.8 Å². The molecule has 0 bridgehead atoms. The van der Waals surface area contributed by atoms with Crippen LogP contribution in [0.4, 0.5) is 5.82 Å². The van der Waals surface area contributed by atoms with Gasteiger partial charge in [-0.1, -0.05) is 53.5 Å². The lowest BCUT2D eigenvalue weighted by Gasteiger charge is -2.11. The molecule has 0 saturated carbocycles. The first-order valence-corrected chi connectivity index (χ1v) is 12.1. The van der Waals surface area contributed by atoms with Crippen LogP contribution < -0.4 is 10.1 Å². The fourth-order valence-corrected chi connectivity index (χ4v) is 4.13. The fraction of sp³-hybridized carbons (Fsp3) is 0.154. The van der Waals surface area contributed by atoms with Gasteiger partial charge in [-0.2, -0.15) is 5.10 Å². The third-order valence-corrected chi connectivity index (χ3v) is 6.52. The topological polar surface area (TPSA) is 56.1 Å². The number of aryl methyl sites for hydroxylation is 2. The molecule has 0 fully saturated rings. The van der Waals surface area contributed by atoms with Crippen LogP contribution in [0.3, 0.4) is 0 Å². The Balaban J connectivity index is 1.42. The molecule has 1 aromatic heterocycles. The molecule has 4 rings (SSSR count). The first-order valence-electron chi connectivity index (χ1n) is 10.6. The van der Waals surface area contributed by atoms with Gasteiger partial charge in [0.2, 0.25) is 0 Å². The number of amides is 1. The highest BCUT2D eigenvalue weighted by Gasteiger charge is 2.13. The Labute approximate surface area is 216 Å². The molecule has 0 radical (unpaired) electrons. The lowest BCUT2D eigenvalue weighted by atomic mass is 10.1. The summed E-state index contributed by atoms with van der Waals surface area (Å²) < 4.78 is 8.37. The zero-order chi connectivity index (χ0) is 24.2. The first kappa shape index (κ1) is 24.3. The number of hydrogen-bond acceptors (Lipinski definition) is 3. The number of carbonyl (C=O) groups is 1. The highest BCUT2D eigenvalue weighted by atomic mass is 79.9. The summed E-state index contributed by atoms with van der Waals surface area (Å²) in [4.78, 5) is 12.9. The van der Waals surface area contributed by atoms with Crippen molar-refractivity contribution >= 4 is 50.9 Å². The van der Waals surface area contributed by atoms with Crippen molar-refractivity contribution in [3.63, 3.8) is 0 Å². The molecule has 0 atom stereocenters. The van der Waals surface area contributed by atoms with Crippen LogP contribution in [0, 0.1) is 13.8 Å². The molecule has 1 N–H and O–H groups in total. The van der Waals surface area contributed by atoms with Gasteiger partial charge in [-0.25, -0.2) is 0 Å². The molecule has 5 nitrogen and oxygen atoms in total. The number of ether oxygens (including phenoxy) is 1. The summed E-state index contributed by atoms with van der Waals surface area (Å²) in [5.41, 5.74) is 4.57. The molecule has 0 saturated heterocycles. The third kappa shape index (κ3) is 6.00. The van der Waals surface area contributed by atoms with Crippen LogP contribution in [0.25, 0.3) is 0 Å². The van der Waals surface area contributed by atoms with Crippen molar-refractivity contribution < 1.29 is 9.53 Å². The van der Waals surface area contributed by atoms with E-state index >= 15 is 0 Å². The van der Waals surface area contributed by atoms with Crippen molar-refractivity contribution in [2.75, 3.05) is 5.32 Å². The lowest BCUT2D eigenvalue weighted by Crippen LogP contribution is -2.13. The number of nitrogens with one attached hydrogen (secondary N) is 1. The van der Waals surface area contributed by atoms with Gasteiger partial charge in [0.05, 0.1) is 21.1 Å². The Bertz CT molecular complexity index is 1350. The highest BCUT2D eigenvalue weighted by Crippen LogP contribution is 2.25. The van der Waals surface area contributed by atoms with Crippen LogP contribution in [0.15, 0.2) is 71.3 Å². The predicted molar refractivity (Wildman–Crippen MR) is 140 cm³/mol. The van der Waals surface area contributed by atoms with Crippen LogP contribution in [0.1, 0.15) is 32.6 Å². The number of anilines is 1. The van der Waals surface area contributed by atoms with Crippen molar-refractivity contribution in [1.29, 1.82) is 0 Å². The van der Waals surface area contributed by atoms with E-state index in [1.165, 1.54) is 0 Å². The van der Waals surface area contributed by atoms with E-state index in [-0.39, 0.29) is 5.91 Å². The zero-order valence-electron chi connectivity index (χ0n) is 18.6. The second-order valence-electron chi connectivity index (χ2n) is 7.98. The minimum Gasteiger partial charge on any atom is -0.489 e. The molecule has 8 heteroatoms. The van der Waals surface area contributed by atoms with E-state index in [4.69, 9.17) is 27.9 Å². The van der Waals surface area contributed by atoms with Gasteiger partial charge in [-0.05, 0) is 82.4 Å². The molecule has 174 valence electrons. The summed E-state index contributed by atoms with van der Waals surface area (Å²) in [6.07, 6.45) is 1.80. The summed E-state index contributed by atoms with van der Waals surface area (Å²) >= 11 is 15.6. The van der Waals surface area contributed by atoms with Crippen molar-refractivity contribution in [3.8, 4) is 5.75 Å². The summed E-state index contributed by atoms with van der Waals surface area (Å²) in [7, 11) is 0. The maximum Gasteiger partial charge on any atom is 0.256 e. The van der Waals surface area contributed by atoms with Gasteiger partial charge < -0.3 is 10.1 Å². The van der Waals surface area contributed by atoms with Crippen molar-refractivity contribution in [2.45, 2.75) is 27.0 Å². The molecule has 0 spiro atoms. The Hall–Kier alpha value is -2.80. The number of nitrogens with zero attached hydrogens (tertiary/aromatic N) is 2. The van der Waals surface area contributed by atoms with Gasteiger partial charge in [0.25, 0.3) is 5.91 Å². The smallest absolute Gasteiger partial charge is 0.256 e. The summed E-state index contributed by atoms with van der Waals surface area (Å²) in [5.74, 6) is 1.02. The van der Waals surface area contributed by atoms with Crippen LogP contribution in [-0.2, 0) is 13.2 Å². The average molecular weight is 559 g/mol. The van der Waals surface area contributed by atoms with Gasteiger partial charge in [-0.15, -0.1) is 0 Å². The van der Waals surface area contributed by atoms with E-state index in [2.05, 4.69) is 32.4 Å². The Morgan fingerprint density at radius 3 is 2.65 bits per heavy atom. The van der Waals surface area contributed by atoms with E-state index < -0.39 is 0 Å². The predicted octanol–water partition coefficient (Wildman–Crippen LogP) is 7.45. The molecular weight excluding hydrogens is 537 g/mol. The number of rotatable bonds is 7. The highest BCUT2D eigenvalue weighted by molar-refractivity contribution is 9.10. The average Bonchev–Trinajstić information content (AvgIpc) is 3.15. The van der Waals surface area contributed by atoms with Gasteiger partial charge in [-0.3, -0.25) is 9.48 Å². The van der Waals surface area contributed by atoms with Crippen LogP contribution in [0.2, 0.25) is 10.0 Å². The number of benzene rings is 3. The zero-order valence-corrected chi connectivity index (χ0v) is 21.7. The van der Waals surface area contributed by atoms with E-state index in [0.29, 0.717) is 39.1 Å². The molecule has 1 heterocycles. The molecule has 3 aromatic carbocycles. The summed E-state index contributed by atoms with van der Waals surface area (Å²) in [6, 6.07) is 18.9. The Morgan fingerprint density at radius 1 is 1.03 bits per heavy atom. The van der Waals surface area contributed by atoms with Gasteiger partial charge in [0.1, 0.15) is 12.4 Å². The number of halogens is 3. The van der Waals surface area contributed by atoms with E-state index in [9.17, 15) is 4.79 Å². The SMILES string of the molecule is Cc1ccc(C)c(OCc2cccc(C(=O)Nc3nn(Cc4ccc(Cl)c(Cl)c4)cc3Br)c2)c1. The van der Waals surface area contributed by atoms with Crippen molar-refractivity contribution in [3.05, 3.63) is 109 Å². The third-order valence-electron chi connectivity index (χ3n) is 5.20. The molecule has 0 unspecified atom stereocenters.